The molecule has 0 aromatic heterocycles. The van der Waals surface area contributed by atoms with E-state index >= 15 is 0 Å². The van der Waals surface area contributed by atoms with Gasteiger partial charge in [0, 0.05) is 11.7 Å². The van der Waals surface area contributed by atoms with E-state index in [1.807, 2.05) is 22.6 Å². The van der Waals surface area contributed by atoms with Gasteiger partial charge in [-0.3, -0.25) is 0 Å². The molecule has 0 bridgehead atoms. The lowest BCUT2D eigenvalue weighted by atomic mass is 10.8. The minimum absolute atomic E-state index is 0.783. The van der Waals surface area contributed by atoms with Crippen LogP contribution in [0, 0.1) is 0 Å². The molecule has 0 aliphatic heterocycles. The molecule has 0 aliphatic rings. The van der Waals surface area contributed by atoms with Crippen molar-refractivity contribution in [3.8, 4) is 0 Å². The highest BCUT2D eigenvalue weighted by atomic mass is 127. The Bertz CT molecular complexity index is 186. The van der Waals surface area contributed by atoms with Crippen molar-refractivity contribution in [2.24, 2.45) is 0 Å². The van der Waals surface area contributed by atoms with E-state index in [-0.39, 0.29) is 0 Å². The number of sulfone groups is 1. The van der Waals surface area contributed by atoms with Gasteiger partial charge in [-0.1, -0.05) is 0 Å². The molecule has 48 valence electrons. The summed E-state index contributed by atoms with van der Waals surface area (Å²) < 4.78 is 21.5. The molecular formula is C4H7IO2S. The molecule has 8 heavy (non-hydrogen) atoms. The van der Waals surface area contributed by atoms with Crippen molar-refractivity contribution in [2.75, 3.05) is 6.26 Å². The highest BCUT2D eigenvalue weighted by molar-refractivity contribution is 14.1. The Morgan fingerprint density at radius 3 is 2.00 bits per heavy atom. The summed E-state index contributed by atoms with van der Waals surface area (Å²) in [6.45, 7) is 1.74. The van der Waals surface area contributed by atoms with Crippen molar-refractivity contribution in [3.05, 3.63) is 8.99 Å². The van der Waals surface area contributed by atoms with Crippen LogP contribution in [-0.2, 0) is 9.84 Å². The van der Waals surface area contributed by atoms with Crippen LogP contribution in [0.4, 0.5) is 0 Å². The molecule has 4 heteroatoms. The highest BCUT2D eigenvalue weighted by Gasteiger charge is 1.92. The van der Waals surface area contributed by atoms with Gasteiger partial charge in [0.15, 0.2) is 9.84 Å². The molecule has 0 saturated heterocycles. The maximum absolute atomic E-state index is 10.4. The van der Waals surface area contributed by atoms with Crippen LogP contribution in [0.1, 0.15) is 6.92 Å². The van der Waals surface area contributed by atoms with Crippen LogP contribution in [-0.4, -0.2) is 14.7 Å². The third-order valence-corrected chi connectivity index (χ3v) is 1.89. The summed E-state index contributed by atoms with van der Waals surface area (Å²) >= 11 is 1.95. The van der Waals surface area contributed by atoms with E-state index in [4.69, 9.17) is 0 Å². The molecule has 0 aromatic rings. The molecular weight excluding hydrogens is 239 g/mol. The topological polar surface area (TPSA) is 34.1 Å². The molecule has 0 N–H and O–H groups in total. The second-order valence-corrected chi connectivity index (χ2v) is 5.13. The van der Waals surface area contributed by atoms with Gasteiger partial charge in [0.05, 0.1) is 0 Å². The SMILES string of the molecule is C/C(I)=C\S(C)(=O)=O. The minimum Gasteiger partial charge on any atom is -0.225 e. The van der Waals surface area contributed by atoms with Crippen molar-refractivity contribution in [1.82, 2.24) is 0 Å². The van der Waals surface area contributed by atoms with Gasteiger partial charge in [0.2, 0.25) is 0 Å². The zero-order valence-corrected chi connectivity index (χ0v) is 7.65. The van der Waals surface area contributed by atoms with Crippen LogP contribution in [0.3, 0.4) is 0 Å². The predicted molar refractivity (Wildman–Crippen MR) is 42.6 cm³/mol. The number of hydrogen-bond donors (Lipinski definition) is 0. The summed E-state index contributed by atoms with van der Waals surface area (Å²) in [7, 11) is -2.89. The fraction of sp³-hybridized carbons (Fsp3) is 0.500. The Labute approximate surface area is 63.0 Å². The zero-order valence-electron chi connectivity index (χ0n) is 4.68. The largest absolute Gasteiger partial charge is 0.225 e. The van der Waals surface area contributed by atoms with Gasteiger partial charge in [0.25, 0.3) is 0 Å². The van der Waals surface area contributed by atoms with Crippen LogP contribution in [0.2, 0.25) is 0 Å². The van der Waals surface area contributed by atoms with Crippen molar-refractivity contribution in [2.45, 2.75) is 6.92 Å². The number of halogens is 1. The monoisotopic (exact) mass is 246 g/mol. The van der Waals surface area contributed by atoms with Crippen LogP contribution >= 0.6 is 22.6 Å². The summed E-state index contributed by atoms with van der Waals surface area (Å²) in [5, 5.41) is 1.23. The Morgan fingerprint density at radius 1 is 1.62 bits per heavy atom. The smallest absolute Gasteiger partial charge is 0.169 e. The van der Waals surface area contributed by atoms with Gasteiger partial charge in [-0.2, -0.15) is 0 Å². The van der Waals surface area contributed by atoms with E-state index in [1.165, 1.54) is 11.7 Å². The normalized spacial score (nSPS) is 14.1. The van der Waals surface area contributed by atoms with Gasteiger partial charge >= 0.3 is 0 Å². The molecule has 0 aliphatic carbocycles. The third-order valence-electron chi connectivity index (χ3n) is 0.376. The molecule has 0 unspecified atom stereocenters. The first kappa shape index (κ1) is 8.42. The van der Waals surface area contributed by atoms with Crippen molar-refractivity contribution in [3.63, 3.8) is 0 Å². The van der Waals surface area contributed by atoms with E-state index in [1.54, 1.807) is 6.92 Å². The average Bonchev–Trinajstić information content (AvgIpc) is 1.21. The third kappa shape index (κ3) is 6.42. The maximum atomic E-state index is 10.4. The lowest BCUT2D eigenvalue weighted by Crippen LogP contribution is -1.87. The number of hydrogen-bond acceptors (Lipinski definition) is 2. The molecule has 0 heterocycles. The Hall–Kier alpha value is 0.420. The van der Waals surface area contributed by atoms with Gasteiger partial charge in [-0.05, 0) is 33.1 Å². The Morgan fingerprint density at radius 2 is 2.00 bits per heavy atom. The molecule has 0 aromatic carbocycles. The Kier molecular flexibility index (Phi) is 2.96. The van der Waals surface area contributed by atoms with Crippen LogP contribution in [0.15, 0.2) is 8.99 Å². The maximum Gasteiger partial charge on any atom is 0.169 e. The first-order valence-electron chi connectivity index (χ1n) is 1.95. The number of allylic oxidation sites excluding steroid dienone is 1. The van der Waals surface area contributed by atoms with Crippen molar-refractivity contribution in [1.29, 1.82) is 0 Å². The van der Waals surface area contributed by atoms with Gasteiger partial charge < -0.3 is 0 Å². The van der Waals surface area contributed by atoms with Crippen molar-refractivity contribution < 1.29 is 8.42 Å². The van der Waals surface area contributed by atoms with Crippen LogP contribution in [0.25, 0.3) is 0 Å². The van der Waals surface area contributed by atoms with Crippen LogP contribution in [0.5, 0.6) is 0 Å². The average molecular weight is 246 g/mol. The van der Waals surface area contributed by atoms with Gasteiger partial charge in [-0.15, -0.1) is 0 Å². The molecule has 0 radical (unpaired) electrons. The second-order valence-electron chi connectivity index (χ2n) is 1.53. The van der Waals surface area contributed by atoms with E-state index in [2.05, 4.69) is 0 Å². The van der Waals surface area contributed by atoms with Gasteiger partial charge in [-0.25, -0.2) is 8.42 Å². The van der Waals surface area contributed by atoms with E-state index < -0.39 is 9.84 Å². The fourth-order valence-corrected chi connectivity index (χ4v) is 2.27. The molecule has 0 atom stereocenters. The second kappa shape index (κ2) is 2.82. The zero-order chi connectivity index (χ0) is 6.78. The molecule has 0 fully saturated rings. The van der Waals surface area contributed by atoms with E-state index in [0.29, 0.717) is 0 Å². The summed E-state index contributed by atoms with van der Waals surface area (Å²) in [4.78, 5) is 0. The first-order chi connectivity index (χ1) is 3.42. The molecule has 0 rings (SSSR count). The molecule has 0 saturated carbocycles. The van der Waals surface area contributed by atoms with Crippen molar-refractivity contribution >= 4 is 32.4 Å². The lowest BCUT2D eigenvalue weighted by Gasteiger charge is -1.83. The summed E-state index contributed by atoms with van der Waals surface area (Å²) in [6, 6.07) is 0. The van der Waals surface area contributed by atoms with Gasteiger partial charge in [0.1, 0.15) is 0 Å². The predicted octanol–water partition coefficient (Wildman–Crippen LogP) is 1.33. The summed E-state index contributed by atoms with van der Waals surface area (Å²) in [6.07, 6.45) is 1.18. The van der Waals surface area contributed by atoms with E-state index in [0.717, 1.165) is 3.58 Å². The molecule has 0 amide bonds. The summed E-state index contributed by atoms with van der Waals surface area (Å²) in [5.41, 5.74) is 0. The Balaban J connectivity index is 4.36. The lowest BCUT2D eigenvalue weighted by molar-refractivity contribution is 0.610. The minimum atomic E-state index is -2.89. The standard InChI is InChI=1S/C4H7IO2S/c1-4(5)3-8(2,6)7/h3H,1-2H3/b4-3+. The quantitative estimate of drug-likeness (QED) is 0.654. The summed E-state index contributed by atoms with van der Waals surface area (Å²) in [5.74, 6) is 0. The molecule has 0 spiro atoms. The molecule has 2 nitrogen and oxygen atoms in total. The van der Waals surface area contributed by atoms with Crippen LogP contribution < -0.4 is 0 Å². The van der Waals surface area contributed by atoms with E-state index in [9.17, 15) is 8.42 Å². The highest BCUT2D eigenvalue weighted by Crippen LogP contribution is 2.04. The number of rotatable bonds is 1. The first-order valence-corrected chi connectivity index (χ1v) is 4.99. The fourth-order valence-electron chi connectivity index (χ4n) is 0.295.